The second-order valence-electron chi connectivity index (χ2n) is 7.28. The molecule has 20 heavy (non-hydrogen) atoms. The average molecular weight is 279 g/mol. The van der Waals surface area contributed by atoms with E-state index < -0.39 is 0 Å². The summed E-state index contributed by atoms with van der Waals surface area (Å²) in [6.07, 6.45) is 6.74. The molecule has 5 atom stereocenters. The van der Waals surface area contributed by atoms with Crippen molar-refractivity contribution in [1.29, 1.82) is 0 Å². The highest BCUT2D eigenvalue weighted by Crippen LogP contribution is 2.33. The van der Waals surface area contributed by atoms with Gasteiger partial charge in [-0.15, -0.1) is 0 Å². The molecule has 2 heterocycles. The molecule has 0 radical (unpaired) electrons. The lowest BCUT2D eigenvalue weighted by Crippen LogP contribution is -2.46. The smallest absolute Gasteiger partial charge is 0.226 e. The van der Waals surface area contributed by atoms with Crippen molar-refractivity contribution >= 4 is 5.91 Å². The largest absolute Gasteiger partial charge is 0.341 e. The van der Waals surface area contributed by atoms with Gasteiger partial charge in [0.05, 0.1) is 0 Å². The third-order valence-corrected chi connectivity index (χ3v) is 5.99. The van der Waals surface area contributed by atoms with E-state index in [0.29, 0.717) is 30.0 Å². The molecule has 0 aromatic carbocycles. The predicted molar refractivity (Wildman–Crippen MR) is 80.3 cm³/mol. The molecule has 3 rings (SSSR count). The highest BCUT2D eigenvalue weighted by atomic mass is 16.2. The van der Waals surface area contributed by atoms with Crippen LogP contribution in [0.3, 0.4) is 0 Å². The van der Waals surface area contributed by atoms with Gasteiger partial charge in [0.15, 0.2) is 0 Å². The second kappa shape index (κ2) is 5.64. The monoisotopic (exact) mass is 279 g/mol. The molecule has 114 valence electrons. The van der Waals surface area contributed by atoms with Crippen LogP contribution in [0.5, 0.6) is 0 Å². The lowest BCUT2D eigenvalue weighted by molar-refractivity contribution is -0.138. The van der Waals surface area contributed by atoms with Gasteiger partial charge in [0.2, 0.25) is 5.91 Å². The Morgan fingerprint density at radius 2 is 1.85 bits per heavy atom. The van der Waals surface area contributed by atoms with Gasteiger partial charge in [-0.2, -0.15) is 0 Å². The lowest BCUT2D eigenvalue weighted by Gasteiger charge is -2.36. The van der Waals surface area contributed by atoms with E-state index in [1.165, 1.54) is 12.8 Å². The van der Waals surface area contributed by atoms with Crippen LogP contribution in [0.1, 0.15) is 45.4 Å². The van der Waals surface area contributed by atoms with Crippen molar-refractivity contribution < 1.29 is 4.79 Å². The van der Waals surface area contributed by atoms with E-state index in [0.717, 1.165) is 38.8 Å². The topological polar surface area (TPSA) is 49.6 Å². The molecule has 2 bridgehead atoms. The zero-order valence-electron chi connectivity index (χ0n) is 12.9. The fourth-order valence-electron chi connectivity index (χ4n) is 4.55. The van der Waals surface area contributed by atoms with Crippen molar-refractivity contribution in [1.82, 2.24) is 9.80 Å². The highest BCUT2D eigenvalue weighted by Gasteiger charge is 2.39. The molecule has 0 aromatic heterocycles. The molecule has 2 N–H and O–H groups in total. The average Bonchev–Trinajstić information content (AvgIpc) is 2.62. The number of nitrogens with zero attached hydrogens (tertiary/aromatic N) is 2. The fourth-order valence-corrected chi connectivity index (χ4v) is 4.55. The van der Waals surface area contributed by atoms with E-state index in [-0.39, 0.29) is 5.92 Å². The van der Waals surface area contributed by atoms with Crippen molar-refractivity contribution in [3.8, 4) is 0 Å². The van der Waals surface area contributed by atoms with Gasteiger partial charge < -0.3 is 10.6 Å². The van der Waals surface area contributed by atoms with Crippen LogP contribution in [-0.2, 0) is 4.79 Å². The molecule has 2 saturated heterocycles. The van der Waals surface area contributed by atoms with Gasteiger partial charge in [0.25, 0.3) is 0 Å². The van der Waals surface area contributed by atoms with Gasteiger partial charge >= 0.3 is 0 Å². The van der Waals surface area contributed by atoms with Gasteiger partial charge in [-0.25, -0.2) is 0 Å². The first-order valence-electron chi connectivity index (χ1n) is 8.32. The number of nitrogens with two attached hydrogens (primary N) is 1. The van der Waals surface area contributed by atoms with E-state index in [4.69, 9.17) is 5.73 Å². The van der Waals surface area contributed by atoms with E-state index >= 15 is 0 Å². The number of hydrogen-bond acceptors (Lipinski definition) is 3. The Bertz CT molecular complexity index is 373. The molecule has 1 amide bonds. The summed E-state index contributed by atoms with van der Waals surface area (Å²) in [5.41, 5.74) is 6.03. The minimum absolute atomic E-state index is 0.219. The first kappa shape index (κ1) is 14.3. The van der Waals surface area contributed by atoms with Gasteiger partial charge in [0.1, 0.15) is 0 Å². The maximum atomic E-state index is 12.9. The second-order valence-corrected chi connectivity index (χ2v) is 7.28. The SMILES string of the molecule is CC1CC(N)CCC1C(=O)N1CCC2CCC(C1)N2C. The van der Waals surface area contributed by atoms with E-state index in [9.17, 15) is 4.79 Å². The standard InChI is InChI=1S/C16H29N3O/c1-11-9-12(17)3-6-15(11)16(20)19-8-7-13-4-5-14(10-19)18(13)2/h11-15H,3-10,17H2,1-2H3. The number of carbonyl (C=O) groups is 1. The van der Waals surface area contributed by atoms with Crippen LogP contribution in [0.15, 0.2) is 0 Å². The molecule has 1 saturated carbocycles. The Morgan fingerprint density at radius 1 is 1.10 bits per heavy atom. The van der Waals surface area contributed by atoms with Gasteiger partial charge in [-0.05, 0) is 51.5 Å². The Balaban J connectivity index is 1.65. The number of likely N-dealkylation sites (tertiary alicyclic amines) is 1. The molecule has 3 aliphatic rings. The Labute approximate surface area is 122 Å². The van der Waals surface area contributed by atoms with Crippen molar-refractivity contribution in [3.05, 3.63) is 0 Å². The van der Waals surface area contributed by atoms with Crippen molar-refractivity contribution in [2.45, 2.75) is 63.6 Å². The van der Waals surface area contributed by atoms with Crippen LogP contribution in [0.25, 0.3) is 0 Å². The van der Waals surface area contributed by atoms with E-state index in [1.54, 1.807) is 0 Å². The summed E-state index contributed by atoms with van der Waals surface area (Å²) < 4.78 is 0. The summed E-state index contributed by atoms with van der Waals surface area (Å²) >= 11 is 0. The van der Waals surface area contributed by atoms with Crippen molar-refractivity contribution in [3.63, 3.8) is 0 Å². The zero-order valence-corrected chi connectivity index (χ0v) is 12.9. The van der Waals surface area contributed by atoms with E-state index in [2.05, 4.69) is 23.8 Å². The first-order chi connectivity index (χ1) is 9.56. The number of amides is 1. The van der Waals surface area contributed by atoms with Crippen LogP contribution in [-0.4, -0.2) is 54.0 Å². The van der Waals surface area contributed by atoms with Crippen LogP contribution in [0.4, 0.5) is 0 Å². The fraction of sp³-hybridized carbons (Fsp3) is 0.938. The number of carbonyl (C=O) groups excluding carboxylic acids is 1. The molecule has 4 heteroatoms. The molecular weight excluding hydrogens is 250 g/mol. The first-order valence-corrected chi connectivity index (χ1v) is 8.32. The summed E-state index contributed by atoms with van der Waals surface area (Å²) in [5.74, 6) is 1.08. The Morgan fingerprint density at radius 3 is 2.60 bits per heavy atom. The normalized spacial score (nSPS) is 42.5. The van der Waals surface area contributed by atoms with Crippen molar-refractivity contribution in [2.75, 3.05) is 20.1 Å². The third-order valence-electron chi connectivity index (χ3n) is 5.99. The van der Waals surface area contributed by atoms with Crippen molar-refractivity contribution in [2.24, 2.45) is 17.6 Å². The minimum Gasteiger partial charge on any atom is -0.341 e. The number of likely N-dealkylation sites (N-methyl/N-ethyl adjacent to an activating group) is 1. The zero-order chi connectivity index (χ0) is 14.3. The molecule has 0 aromatic rings. The molecule has 5 unspecified atom stereocenters. The number of hydrogen-bond donors (Lipinski definition) is 1. The molecule has 4 nitrogen and oxygen atoms in total. The number of rotatable bonds is 1. The predicted octanol–water partition coefficient (Wildman–Crippen LogP) is 1.45. The summed E-state index contributed by atoms with van der Waals surface area (Å²) in [7, 11) is 2.23. The van der Waals surface area contributed by atoms with Gasteiger partial charge in [-0.3, -0.25) is 9.69 Å². The van der Waals surface area contributed by atoms with Crippen LogP contribution in [0.2, 0.25) is 0 Å². The maximum Gasteiger partial charge on any atom is 0.226 e. The van der Waals surface area contributed by atoms with Gasteiger partial charge in [0, 0.05) is 37.1 Å². The molecule has 0 spiro atoms. The molecule has 2 aliphatic heterocycles. The summed E-state index contributed by atoms with van der Waals surface area (Å²) in [6.45, 7) is 4.11. The van der Waals surface area contributed by atoms with E-state index in [1.807, 2.05) is 0 Å². The molecular formula is C16H29N3O. The van der Waals surface area contributed by atoms with Crippen LogP contribution >= 0.6 is 0 Å². The quantitative estimate of drug-likeness (QED) is 0.790. The van der Waals surface area contributed by atoms with Crippen LogP contribution in [0, 0.1) is 11.8 Å². The summed E-state index contributed by atoms with van der Waals surface area (Å²) in [4.78, 5) is 17.5. The molecule has 3 fully saturated rings. The lowest BCUT2D eigenvalue weighted by atomic mass is 9.77. The Hall–Kier alpha value is -0.610. The van der Waals surface area contributed by atoms with Crippen LogP contribution < -0.4 is 5.73 Å². The summed E-state index contributed by atoms with van der Waals surface area (Å²) in [6, 6.07) is 1.60. The maximum absolute atomic E-state index is 12.9. The Kier molecular flexibility index (Phi) is 4.04. The molecule has 1 aliphatic carbocycles. The third kappa shape index (κ3) is 2.60. The number of fused-ring (bicyclic) bond motifs is 2. The highest BCUT2D eigenvalue weighted by molar-refractivity contribution is 5.79. The summed E-state index contributed by atoms with van der Waals surface area (Å²) in [5, 5.41) is 0. The van der Waals surface area contributed by atoms with Gasteiger partial charge in [-0.1, -0.05) is 6.92 Å². The minimum atomic E-state index is 0.219.